The molecule has 0 aromatic carbocycles. The predicted octanol–water partition coefficient (Wildman–Crippen LogP) is 3.71. The molecule has 2 saturated heterocycles. The van der Waals surface area contributed by atoms with Gasteiger partial charge >= 0.3 is 0 Å². The first-order valence-electron chi connectivity index (χ1n) is 8.65. The molecule has 0 N–H and O–H groups in total. The van der Waals surface area contributed by atoms with Gasteiger partial charge in [0.25, 0.3) is 0 Å². The number of nitrogens with zero attached hydrogens (tertiary/aromatic N) is 1. The number of rotatable bonds is 5. The molecule has 0 aliphatic carbocycles. The molecule has 3 rings (SSSR count). The van der Waals surface area contributed by atoms with Crippen LogP contribution in [0.3, 0.4) is 0 Å². The molecule has 0 saturated carbocycles. The zero-order chi connectivity index (χ0) is 15.4. The van der Waals surface area contributed by atoms with Crippen LogP contribution in [0.1, 0.15) is 35.9 Å². The molecule has 2 fully saturated rings. The van der Waals surface area contributed by atoms with Gasteiger partial charge in [-0.2, -0.15) is 0 Å². The normalized spacial score (nSPS) is 25.6. The van der Waals surface area contributed by atoms with Crippen LogP contribution in [0.4, 0.5) is 0 Å². The van der Waals surface area contributed by atoms with E-state index >= 15 is 0 Å². The average Bonchev–Trinajstić information content (AvgIpc) is 2.94. The number of ether oxygens (including phenoxy) is 2. The van der Waals surface area contributed by atoms with Crippen LogP contribution in [0.2, 0.25) is 0 Å². The maximum absolute atomic E-state index is 5.74. The lowest BCUT2D eigenvalue weighted by atomic mass is 9.66. The smallest absolute Gasteiger partial charge is 0.0521 e. The number of likely N-dealkylation sites (tertiary alicyclic amines) is 1. The fourth-order valence-electron chi connectivity index (χ4n) is 3.97. The number of aryl methyl sites for hydroxylation is 1. The molecule has 22 heavy (non-hydrogen) atoms. The summed E-state index contributed by atoms with van der Waals surface area (Å²) < 4.78 is 11.5. The minimum absolute atomic E-state index is 0.468. The summed E-state index contributed by atoms with van der Waals surface area (Å²) in [6, 6.07) is 4.53. The first-order chi connectivity index (χ1) is 10.7. The van der Waals surface area contributed by atoms with Crippen molar-refractivity contribution in [1.29, 1.82) is 0 Å². The summed E-state index contributed by atoms with van der Waals surface area (Å²) in [5.74, 6) is 0.590. The Balaban J connectivity index is 1.56. The molecule has 3 nitrogen and oxygen atoms in total. The van der Waals surface area contributed by atoms with Crippen molar-refractivity contribution < 1.29 is 9.47 Å². The molecule has 0 amide bonds. The standard InChI is InChI=1S/C18H29NO2S/c1-3-20-13-16-14-21-11-8-18(16)6-9-19(10-7-18)12-17-5-4-15(2)22-17/h4-5,16H,3,6-14H2,1-2H3/t16-/m0/s1. The lowest BCUT2D eigenvalue weighted by Crippen LogP contribution is -2.49. The van der Waals surface area contributed by atoms with Crippen LogP contribution < -0.4 is 0 Å². The molecule has 0 bridgehead atoms. The summed E-state index contributed by atoms with van der Waals surface area (Å²) >= 11 is 1.94. The lowest BCUT2D eigenvalue weighted by molar-refractivity contribution is -0.0992. The van der Waals surface area contributed by atoms with Crippen LogP contribution in [-0.2, 0) is 16.0 Å². The Morgan fingerprint density at radius 1 is 1.32 bits per heavy atom. The van der Waals surface area contributed by atoms with Crippen molar-refractivity contribution in [3.05, 3.63) is 21.9 Å². The van der Waals surface area contributed by atoms with E-state index in [0.717, 1.165) is 33.0 Å². The fraction of sp³-hybridized carbons (Fsp3) is 0.778. The minimum atomic E-state index is 0.468. The maximum atomic E-state index is 5.74. The average molecular weight is 324 g/mol. The molecule has 1 spiro atoms. The second kappa shape index (κ2) is 7.43. The van der Waals surface area contributed by atoms with Crippen molar-refractivity contribution in [2.75, 3.05) is 39.5 Å². The summed E-state index contributed by atoms with van der Waals surface area (Å²) in [7, 11) is 0. The topological polar surface area (TPSA) is 21.7 Å². The molecule has 1 aromatic heterocycles. The van der Waals surface area contributed by atoms with Gasteiger partial charge in [0.05, 0.1) is 13.2 Å². The second-order valence-corrected chi connectivity index (χ2v) is 8.20. The van der Waals surface area contributed by atoms with Gasteiger partial charge in [-0.1, -0.05) is 0 Å². The van der Waals surface area contributed by atoms with Gasteiger partial charge in [0.1, 0.15) is 0 Å². The van der Waals surface area contributed by atoms with Crippen LogP contribution in [0.25, 0.3) is 0 Å². The highest BCUT2D eigenvalue weighted by atomic mass is 32.1. The molecule has 124 valence electrons. The van der Waals surface area contributed by atoms with Gasteiger partial charge in [0.15, 0.2) is 0 Å². The van der Waals surface area contributed by atoms with E-state index in [0.29, 0.717) is 11.3 Å². The van der Waals surface area contributed by atoms with Gasteiger partial charge in [0.2, 0.25) is 0 Å². The van der Waals surface area contributed by atoms with Crippen LogP contribution in [0.5, 0.6) is 0 Å². The highest BCUT2D eigenvalue weighted by Gasteiger charge is 2.43. The molecular formula is C18H29NO2S. The van der Waals surface area contributed by atoms with Crippen LogP contribution >= 0.6 is 11.3 Å². The molecule has 2 aliphatic heterocycles. The third-order valence-electron chi connectivity index (χ3n) is 5.48. The Labute approximate surface area is 138 Å². The van der Waals surface area contributed by atoms with E-state index in [1.807, 2.05) is 11.3 Å². The first kappa shape index (κ1) is 16.4. The molecule has 4 heteroatoms. The third kappa shape index (κ3) is 3.73. The summed E-state index contributed by atoms with van der Waals surface area (Å²) in [4.78, 5) is 5.56. The lowest BCUT2D eigenvalue weighted by Gasteiger charge is -2.49. The molecule has 1 aromatic rings. The van der Waals surface area contributed by atoms with E-state index in [2.05, 4.69) is 30.9 Å². The monoisotopic (exact) mass is 323 g/mol. The van der Waals surface area contributed by atoms with Crippen molar-refractivity contribution in [1.82, 2.24) is 4.90 Å². The first-order valence-corrected chi connectivity index (χ1v) is 9.47. The molecule has 0 radical (unpaired) electrons. The molecule has 3 heterocycles. The quantitative estimate of drug-likeness (QED) is 0.824. The van der Waals surface area contributed by atoms with Gasteiger partial charge in [-0.05, 0) is 63.7 Å². The Morgan fingerprint density at radius 2 is 2.14 bits per heavy atom. The minimum Gasteiger partial charge on any atom is -0.381 e. The third-order valence-corrected chi connectivity index (χ3v) is 6.47. The van der Waals surface area contributed by atoms with E-state index in [1.54, 1.807) is 0 Å². The van der Waals surface area contributed by atoms with Crippen LogP contribution in [0, 0.1) is 18.3 Å². The SMILES string of the molecule is CCOC[C@H]1COCCC12CCN(Cc1ccc(C)s1)CC2. The van der Waals surface area contributed by atoms with Gasteiger partial charge in [-0.15, -0.1) is 11.3 Å². The second-order valence-electron chi connectivity index (χ2n) is 6.83. The van der Waals surface area contributed by atoms with Crippen molar-refractivity contribution >= 4 is 11.3 Å². The summed E-state index contributed by atoms with van der Waals surface area (Å²) in [5.41, 5.74) is 0.468. The summed E-state index contributed by atoms with van der Waals surface area (Å²) in [5, 5.41) is 0. The highest BCUT2D eigenvalue weighted by Crippen LogP contribution is 2.45. The van der Waals surface area contributed by atoms with E-state index in [1.165, 1.54) is 42.1 Å². The summed E-state index contributed by atoms with van der Waals surface area (Å²) in [6.07, 6.45) is 3.83. The van der Waals surface area contributed by atoms with E-state index in [-0.39, 0.29) is 0 Å². The maximum Gasteiger partial charge on any atom is 0.0521 e. The molecule has 2 aliphatic rings. The van der Waals surface area contributed by atoms with Crippen LogP contribution in [-0.4, -0.2) is 44.4 Å². The number of hydrogen-bond acceptors (Lipinski definition) is 4. The predicted molar refractivity (Wildman–Crippen MR) is 91.4 cm³/mol. The van der Waals surface area contributed by atoms with Gasteiger partial charge in [-0.3, -0.25) is 4.90 Å². The Morgan fingerprint density at radius 3 is 2.82 bits per heavy atom. The summed E-state index contributed by atoms with van der Waals surface area (Å²) in [6.45, 7) is 11.4. The molecular weight excluding hydrogens is 294 g/mol. The van der Waals surface area contributed by atoms with E-state index < -0.39 is 0 Å². The van der Waals surface area contributed by atoms with Crippen molar-refractivity contribution in [2.24, 2.45) is 11.3 Å². The fourth-order valence-corrected chi connectivity index (χ4v) is 4.90. The van der Waals surface area contributed by atoms with Crippen molar-refractivity contribution in [3.63, 3.8) is 0 Å². The molecule has 0 unspecified atom stereocenters. The van der Waals surface area contributed by atoms with Gasteiger partial charge in [-0.25, -0.2) is 0 Å². The van der Waals surface area contributed by atoms with E-state index in [9.17, 15) is 0 Å². The Kier molecular flexibility index (Phi) is 5.55. The highest BCUT2D eigenvalue weighted by molar-refractivity contribution is 7.11. The van der Waals surface area contributed by atoms with Crippen molar-refractivity contribution in [3.8, 4) is 0 Å². The number of piperidine rings is 1. The number of thiophene rings is 1. The zero-order valence-electron chi connectivity index (χ0n) is 14.0. The molecule has 1 atom stereocenters. The van der Waals surface area contributed by atoms with Crippen LogP contribution in [0.15, 0.2) is 12.1 Å². The van der Waals surface area contributed by atoms with Gasteiger partial charge < -0.3 is 9.47 Å². The van der Waals surface area contributed by atoms with Crippen molar-refractivity contribution in [2.45, 2.75) is 39.7 Å². The number of hydrogen-bond donors (Lipinski definition) is 0. The Hall–Kier alpha value is -0.420. The zero-order valence-corrected chi connectivity index (χ0v) is 14.8. The largest absolute Gasteiger partial charge is 0.381 e. The van der Waals surface area contributed by atoms with E-state index in [4.69, 9.17) is 9.47 Å². The van der Waals surface area contributed by atoms with Gasteiger partial charge in [0, 0.05) is 35.4 Å². The Bertz CT molecular complexity index is 465.